The highest BCUT2D eigenvalue weighted by atomic mass is 35.5. The van der Waals surface area contributed by atoms with Crippen LogP contribution in [0, 0.1) is 6.92 Å². The predicted molar refractivity (Wildman–Crippen MR) is 86.8 cm³/mol. The first kappa shape index (κ1) is 17.0. The van der Waals surface area contributed by atoms with Crippen LogP contribution in [-0.4, -0.2) is 37.9 Å². The number of fused-ring (bicyclic) bond motifs is 2. The van der Waals surface area contributed by atoms with Crippen molar-refractivity contribution in [2.45, 2.75) is 43.2 Å². The molecule has 2 aliphatic heterocycles. The Morgan fingerprint density at radius 2 is 1.95 bits per heavy atom. The summed E-state index contributed by atoms with van der Waals surface area (Å²) in [5.41, 5.74) is 0.636. The van der Waals surface area contributed by atoms with Crippen LogP contribution in [0.3, 0.4) is 0 Å². The SMILES string of the molecule is Cc1c(Cl)cccc1S(=O)(=O)N1CCC2CCC(C1)N2.Cl. The second kappa shape index (κ2) is 6.42. The zero-order valence-electron chi connectivity index (χ0n) is 11.9. The van der Waals surface area contributed by atoms with E-state index in [0.717, 1.165) is 19.3 Å². The van der Waals surface area contributed by atoms with Gasteiger partial charge in [0.25, 0.3) is 0 Å². The highest BCUT2D eigenvalue weighted by Crippen LogP contribution is 2.28. The summed E-state index contributed by atoms with van der Waals surface area (Å²) in [6, 6.07) is 5.83. The molecule has 1 aromatic carbocycles. The summed E-state index contributed by atoms with van der Waals surface area (Å²) in [5, 5.41) is 4.00. The minimum Gasteiger partial charge on any atom is -0.310 e. The molecule has 0 aromatic heterocycles. The van der Waals surface area contributed by atoms with Crippen molar-refractivity contribution in [1.29, 1.82) is 0 Å². The summed E-state index contributed by atoms with van der Waals surface area (Å²) < 4.78 is 27.3. The van der Waals surface area contributed by atoms with Crippen LogP contribution in [-0.2, 0) is 10.0 Å². The average Bonchev–Trinajstić information content (AvgIpc) is 2.71. The molecule has 0 aliphatic carbocycles. The van der Waals surface area contributed by atoms with Gasteiger partial charge in [-0.25, -0.2) is 8.42 Å². The molecule has 0 amide bonds. The van der Waals surface area contributed by atoms with Gasteiger partial charge in [-0.1, -0.05) is 17.7 Å². The Balaban J connectivity index is 0.00000161. The number of hydrogen-bond acceptors (Lipinski definition) is 3. The molecular formula is C14H20Cl2N2O2S. The van der Waals surface area contributed by atoms with Crippen LogP contribution in [0.4, 0.5) is 0 Å². The first-order valence-corrected chi connectivity index (χ1v) is 8.81. The second-order valence-corrected chi connectivity index (χ2v) is 7.97. The summed E-state index contributed by atoms with van der Waals surface area (Å²) in [6.45, 7) is 2.91. The lowest BCUT2D eigenvalue weighted by Crippen LogP contribution is -2.39. The van der Waals surface area contributed by atoms with E-state index in [9.17, 15) is 8.42 Å². The molecule has 0 saturated carbocycles. The molecule has 21 heavy (non-hydrogen) atoms. The van der Waals surface area contributed by atoms with E-state index in [-0.39, 0.29) is 18.4 Å². The highest BCUT2D eigenvalue weighted by Gasteiger charge is 2.35. The Labute approximate surface area is 137 Å². The molecule has 3 rings (SSSR count). The molecule has 1 aromatic rings. The van der Waals surface area contributed by atoms with Crippen molar-refractivity contribution in [2.24, 2.45) is 0 Å². The van der Waals surface area contributed by atoms with Gasteiger partial charge in [0.1, 0.15) is 0 Å². The zero-order valence-corrected chi connectivity index (χ0v) is 14.3. The van der Waals surface area contributed by atoms with E-state index >= 15 is 0 Å². The lowest BCUT2D eigenvalue weighted by Gasteiger charge is -2.24. The van der Waals surface area contributed by atoms with Crippen molar-refractivity contribution in [3.63, 3.8) is 0 Å². The van der Waals surface area contributed by atoms with E-state index in [1.165, 1.54) is 0 Å². The molecule has 2 saturated heterocycles. The molecule has 4 nitrogen and oxygen atoms in total. The van der Waals surface area contributed by atoms with Crippen LogP contribution < -0.4 is 5.32 Å². The third-order valence-electron chi connectivity index (χ3n) is 4.32. The molecule has 2 atom stereocenters. The van der Waals surface area contributed by atoms with Crippen LogP contribution in [0.25, 0.3) is 0 Å². The summed E-state index contributed by atoms with van der Waals surface area (Å²) in [4.78, 5) is 0.336. The van der Waals surface area contributed by atoms with E-state index in [4.69, 9.17) is 11.6 Å². The van der Waals surface area contributed by atoms with Crippen LogP contribution in [0.5, 0.6) is 0 Å². The molecular weight excluding hydrogens is 331 g/mol. The van der Waals surface area contributed by atoms with Crippen LogP contribution >= 0.6 is 24.0 Å². The lowest BCUT2D eigenvalue weighted by atomic mass is 10.1. The fourth-order valence-electron chi connectivity index (χ4n) is 3.14. The molecule has 7 heteroatoms. The summed E-state index contributed by atoms with van der Waals surface area (Å²) in [6.07, 6.45) is 3.11. The number of benzene rings is 1. The van der Waals surface area contributed by atoms with Gasteiger partial charge in [0.15, 0.2) is 0 Å². The van der Waals surface area contributed by atoms with Crippen molar-refractivity contribution in [3.05, 3.63) is 28.8 Å². The molecule has 0 spiro atoms. The lowest BCUT2D eigenvalue weighted by molar-refractivity contribution is 0.383. The monoisotopic (exact) mass is 350 g/mol. The molecule has 1 N–H and O–H groups in total. The van der Waals surface area contributed by atoms with Gasteiger partial charge in [0.05, 0.1) is 4.90 Å². The number of rotatable bonds is 2. The second-order valence-electron chi connectivity index (χ2n) is 5.65. The average molecular weight is 351 g/mol. The number of sulfonamides is 1. The molecule has 2 bridgehead atoms. The third-order valence-corrected chi connectivity index (χ3v) is 6.74. The van der Waals surface area contributed by atoms with Crippen LogP contribution in [0.2, 0.25) is 5.02 Å². The topological polar surface area (TPSA) is 49.4 Å². The summed E-state index contributed by atoms with van der Waals surface area (Å²) in [5.74, 6) is 0. The Bertz CT molecular complexity index is 621. The minimum absolute atomic E-state index is 0. The molecule has 2 fully saturated rings. The maximum atomic E-state index is 12.8. The standard InChI is InChI=1S/C14H19ClN2O2S.ClH/c1-10-13(15)3-2-4-14(10)20(18,19)17-8-7-11-5-6-12(9-17)16-11;/h2-4,11-12,16H,5-9H2,1H3;1H. The van der Waals surface area contributed by atoms with Gasteiger partial charge in [-0.15, -0.1) is 12.4 Å². The number of nitrogens with zero attached hydrogens (tertiary/aromatic N) is 1. The Morgan fingerprint density at radius 1 is 1.24 bits per heavy atom. The smallest absolute Gasteiger partial charge is 0.243 e. The van der Waals surface area contributed by atoms with Crippen molar-refractivity contribution in [3.8, 4) is 0 Å². The van der Waals surface area contributed by atoms with Gasteiger partial charge in [0, 0.05) is 30.2 Å². The zero-order chi connectivity index (χ0) is 14.3. The quantitative estimate of drug-likeness (QED) is 0.891. The van der Waals surface area contributed by atoms with Gasteiger partial charge in [-0.05, 0) is 43.9 Å². The largest absolute Gasteiger partial charge is 0.310 e. The molecule has 118 valence electrons. The first-order chi connectivity index (χ1) is 9.48. The van der Waals surface area contributed by atoms with Crippen molar-refractivity contribution < 1.29 is 8.42 Å². The fourth-order valence-corrected chi connectivity index (χ4v) is 5.11. The molecule has 2 heterocycles. The van der Waals surface area contributed by atoms with Crippen molar-refractivity contribution in [1.82, 2.24) is 9.62 Å². The third kappa shape index (κ3) is 3.22. The van der Waals surface area contributed by atoms with Crippen molar-refractivity contribution in [2.75, 3.05) is 13.1 Å². The Kier molecular flexibility index (Phi) is 5.21. The number of nitrogens with one attached hydrogen (secondary N) is 1. The van der Waals surface area contributed by atoms with Crippen LogP contribution in [0.1, 0.15) is 24.8 Å². The Hall–Kier alpha value is -0.330. The maximum absolute atomic E-state index is 12.8. The highest BCUT2D eigenvalue weighted by molar-refractivity contribution is 7.89. The van der Waals surface area contributed by atoms with Gasteiger partial charge in [-0.2, -0.15) is 4.31 Å². The van der Waals surface area contributed by atoms with Crippen LogP contribution in [0.15, 0.2) is 23.1 Å². The van der Waals surface area contributed by atoms with Gasteiger partial charge in [0.2, 0.25) is 10.0 Å². The molecule has 0 radical (unpaired) electrons. The normalized spacial score (nSPS) is 26.2. The molecule has 2 unspecified atom stereocenters. The maximum Gasteiger partial charge on any atom is 0.243 e. The number of halogens is 2. The van der Waals surface area contributed by atoms with E-state index in [2.05, 4.69) is 5.32 Å². The first-order valence-electron chi connectivity index (χ1n) is 7.00. The number of hydrogen-bond donors (Lipinski definition) is 1. The fraction of sp³-hybridized carbons (Fsp3) is 0.571. The van der Waals surface area contributed by atoms with E-state index < -0.39 is 10.0 Å². The van der Waals surface area contributed by atoms with Gasteiger partial charge in [-0.3, -0.25) is 0 Å². The van der Waals surface area contributed by atoms with Gasteiger partial charge >= 0.3 is 0 Å². The summed E-state index contributed by atoms with van der Waals surface area (Å²) in [7, 11) is -3.45. The van der Waals surface area contributed by atoms with Gasteiger partial charge < -0.3 is 5.32 Å². The Morgan fingerprint density at radius 3 is 2.71 bits per heavy atom. The van der Waals surface area contributed by atoms with E-state index in [1.807, 2.05) is 0 Å². The summed E-state index contributed by atoms with van der Waals surface area (Å²) >= 11 is 6.06. The predicted octanol–water partition coefficient (Wildman–Crippen LogP) is 2.59. The van der Waals surface area contributed by atoms with Crippen molar-refractivity contribution >= 4 is 34.0 Å². The minimum atomic E-state index is -3.45. The molecule has 2 aliphatic rings. The van der Waals surface area contributed by atoms with E-state index in [1.54, 1.807) is 29.4 Å². The van der Waals surface area contributed by atoms with E-state index in [0.29, 0.717) is 34.6 Å².